The third-order valence-electron chi connectivity index (χ3n) is 6.07. The van der Waals surface area contributed by atoms with Gasteiger partial charge in [0.1, 0.15) is 11.4 Å². The number of benzene rings is 1. The highest BCUT2D eigenvalue weighted by atomic mass is 19.4. The van der Waals surface area contributed by atoms with Gasteiger partial charge in [0.15, 0.2) is 5.82 Å². The topological polar surface area (TPSA) is 122 Å². The number of anilines is 2. The predicted octanol–water partition coefficient (Wildman–Crippen LogP) is 4.52. The van der Waals surface area contributed by atoms with Crippen molar-refractivity contribution < 1.29 is 22.4 Å². The van der Waals surface area contributed by atoms with Gasteiger partial charge in [-0.2, -0.15) is 13.2 Å². The number of hydrazine groups is 1. The maximum Gasteiger partial charge on any atom is 0.416 e. The fourth-order valence-corrected chi connectivity index (χ4v) is 4.04. The van der Waals surface area contributed by atoms with Crippen molar-refractivity contribution in [3.05, 3.63) is 90.7 Å². The molecule has 4 heterocycles. The van der Waals surface area contributed by atoms with E-state index in [-0.39, 0.29) is 35.3 Å². The highest BCUT2D eigenvalue weighted by Crippen LogP contribution is 2.34. The summed E-state index contributed by atoms with van der Waals surface area (Å²) in [4.78, 5) is 32.9. The molecule has 3 N–H and O–H groups in total. The zero-order valence-corrected chi connectivity index (χ0v) is 21.7. The lowest BCUT2D eigenvalue weighted by atomic mass is 9.97. The van der Waals surface area contributed by atoms with Gasteiger partial charge in [-0.15, -0.1) is 0 Å². The first-order chi connectivity index (χ1) is 19.5. The Labute approximate surface area is 231 Å². The summed E-state index contributed by atoms with van der Waals surface area (Å²) in [6.07, 6.45) is 5.55. The third-order valence-corrected chi connectivity index (χ3v) is 6.07. The molecule has 10 nitrogen and oxygen atoms in total. The van der Waals surface area contributed by atoms with Crippen molar-refractivity contribution in [2.75, 3.05) is 17.3 Å². The average molecular weight is 566 g/mol. The van der Waals surface area contributed by atoms with Gasteiger partial charge in [-0.05, 0) is 50.3 Å². The van der Waals surface area contributed by atoms with E-state index in [4.69, 9.17) is 0 Å². The second kappa shape index (κ2) is 10.8. The number of rotatable bonds is 7. The van der Waals surface area contributed by atoms with Crippen molar-refractivity contribution >= 4 is 23.3 Å². The Morgan fingerprint density at radius 3 is 2.63 bits per heavy atom. The number of imidazole rings is 1. The van der Waals surface area contributed by atoms with E-state index in [2.05, 4.69) is 41.1 Å². The number of nitrogens with one attached hydrogen (secondary N) is 3. The lowest BCUT2D eigenvalue weighted by Crippen LogP contribution is -2.42. The van der Waals surface area contributed by atoms with Gasteiger partial charge in [0, 0.05) is 35.5 Å². The molecule has 0 bridgehead atoms. The molecule has 1 amide bonds. The van der Waals surface area contributed by atoms with Crippen LogP contribution in [-0.4, -0.2) is 48.2 Å². The molecular formula is C27H23F4N9O. The lowest BCUT2D eigenvalue weighted by Gasteiger charge is -2.30. The molecule has 210 valence electrons. The zero-order valence-electron chi connectivity index (χ0n) is 21.7. The fraction of sp³-hybridized carbons (Fsp3) is 0.185. The first-order valence-corrected chi connectivity index (χ1v) is 12.2. The molecule has 0 spiro atoms. The summed E-state index contributed by atoms with van der Waals surface area (Å²) in [5.41, 5.74) is 4.89. The summed E-state index contributed by atoms with van der Waals surface area (Å²) in [6.45, 7) is 3.54. The number of dihydropyridines is 1. The van der Waals surface area contributed by atoms with Crippen LogP contribution in [0, 0.1) is 12.7 Å². The molecule has 4 aromatic rings. The summed E-state index contributed by atoms with van der Waals surface area (Å²) in [6, 6.07) is 6.91. The molecule has 0 fully saturated rings. The lowest BCUT2D eigenvalue weighted by molar-refractivity contribution is -0.137. The average Bonchev–Trinajstić information content (AvgIpc) is 3.39. The van der Waals surface area contributed by atoms with Crippen LogP contribution in [0.3, 0.4) is 0 Å². The van der Waals surface area contributed by atoms with Crippen LogP contribution in [0.15, 0.2) is 78.6 Å². The van der Waals surface area contributed by atoms with Crippen molar-refractivity contribution in [1.82, 2.24) is 29.9 Å². The van der Waals surface area contributed by atoms with E-state index in [1.54, 1.807) is 50.5 Å². The number of pyridine rings is 1. The quantitative estimate of drug-likeness (QED) is 0.223. The minimum atomic E-state index is -4.56. The molecular weight excluding hydrogens is 542 g/mol. The number of carbonyl (C=O) groups excluding carboxylic acids is 1. The smallest absolute Gasteiger partial charge is 0.374 e. The van der Waals surface area contributed by atoms with Crippen molar-refractivity contribution in [3.8, 4) is 16.9 Å². The van der Waals surface area contributed by atoms with Crippen LogP contribution in [0.2, 0.25) is 0 Å². The van der Waals surface area contributed by atoms with Gasteiger partial charge in [-0.25, -0.2) is 19.3 Å². The Kier molecular flexibility index (Phi) is 7.22. The van der Waals surface area contributed by atoms with E-state index in [1.807, 2.05) is 0 Å². The third kappa shape index (κ3) is 6.37. The maximum atomic E-state index is 14.2. The maximum absolute atomic E-state index is 14.2. The largest absolute Gasteiger partial charge is 0.416 e. The van der Waals surface area contributed by atoms with Gasteiger partial charge >= 0.3 is 6.18 Å². The molecule has 1 aliphatic heterocycles. The van der Waals surface area contributed by atoms with E-state index >= 15 is 0 Å². The Morgan fingerprint density at radius 1 is 1.15 bits per heavy atom. The second-order valence-corrected chi connectivity index (χ2v) is 9.48. The van der Waals surface area contributed by atoms with Crippen LogP contribution in [0.4, 0.5) is 29.2 Å². The van der Waals surface area contributed by atoms with Crippen LogP contribution in [0.5, 0.6) is 0 Å². The number of hydrogen-bond acceptors (Lipinski definition) is 8. The van der Waals surface area contributed by atoms with Crippen molar-refractivity contribution in [2.45, 2.75) is 25.6 Å². The zero-order chi connectivity index (χ0) is 29.2. The SMILES string of the molecule is Cc1cn(-c2cc(NC3(C)C=CC(C(=O)NNc4ncc(F)c(-c5cccnc5)n4)=NC3)cc(C(F)(F)F)c2)cn1. The molecule has 1 aliphatic rings. The van der Waals surface area contributed by atoms with E-state index in [9.17, 15) is 22.4 Å². The van der Waals surface area contributed by atoms with Crippen LogP contribution in [-0.2, 0) is 11.0 Å². The molecule has 14 heteroatoms. The molecule has 0 saturated carbocycles. The van der Waals surface area contributed by atoms with Gasteiger partial charge in [-0.1, -0.05) is 6.08 Å². The Bertz CT molecular complexity index is 1650. The molecule has 1 aromatic carbocycles. The number of amides is 1. The Morgan fingerprint density at radius 2 is 1.98 bits per heavy atom. The van der Waals surface area contributed by atoms with Crippen LogP contribution < -0.4 is 16.2 Å². The van der Waals surface area contributed by atoms with E-state index < -0.39 is 29.0 Å². The number of alkyl halides is 3. The summed E-state index contributed by atoms with van der Waals surface area (Å²) < 4.78 is 56.6. The minimum absolute atomic E-state index is 0.00233. The molecule has 1 atom stereocenters. The number of aliphatic imine (C=N–C) groups is 1. The number of halogens is 4. The van der Waals surface area contributed by atoms with E-state index in [0.29, 0.717) is 11.3 Å². The van der Waals surface area contributed by atoms with Gasteiger partial charge in [-0.3, -0.25) is 25.6 Å². The summed E-state index contributed by atoms with van der Waals surface area (Å²) in [5, 5.41) is 3.10. The Balaban J connectivity index is 1.26. The van der Waals surface area contributed by atoms with Gasteiger partial charge < -0.3 is 9.88 Å². The number of nitrogens with zero attached hydrogens (tertiary/aromatic N) is 6. The highest BCUT2D eigenvalue weighted by molar-refractivity contribution is 6.43. The highest BCUT2D eigenvalue weighted by Gasteiger charge is 2.33. The normalized spacial score (nSPS) is 16.7. The fourth-order valence-electron chi connectivity index (χ4n) is 4.04. The predicted molar refractivity (Wildman–Crippen MR) is 144 cm³/mol. The number of carbonyl (C=O) groups is 1. The van der Waals surface area contributed by atoms with Crippen molar-refractivity contribution in [1.29, 1.82) is 0 Å². The Hall–Kier alpha value is -5.14. The molecule has 0 radical (unpaired) electrons. The molecule has 0 saturated heterocycles. The van der Waals surface area contributed by atoms with Gasteiger partial charge in [0.25, 0.3) is 5.91 Å². The number of aromatic nitrogens is 5. The van der Waals surface area contributed by atoms with Crippen LogP contribution in [0.1, 0.15) is 18.2 Å². The molecule has 5 rings (SSSR count). The van der Waals surface area contributed by atoms with Crippen LogP contribution >= 0.6 is 0 Å². The summed E-state index contributed by atoms with van der Waals surface area (Å²) in [5.74, 6) is -1.33. The minimum Gasteiger partial charge on any atom is -0.374 e. The van der Waals surface area contributed by atoms with Crippen molar-refractivity contribution in [2.24, 2.45) is 4.99 Å². The molecule has 0 aliphatic carbocycles. The molecule has 3 aromatic heterocycles. The monoisotopic (exact) mass is 565 g/mol. The second-order valence-electron chi connectivity index (χ2n) is 9.48. The summed E-state index contributed by atoms with van der Waals surface area (Å²) >= 11 is 0. The van der Waals surface area contributed by atoms with E-state index in [1.165, 1.54) is 23.2 Å². The first-order valence-electron chi connectivity index (χ1n) is 12.2. The number of hydrogen-bond donors (Lipinski definition) is 3. The molecule has 1 unspecified atom stereocenters. The van der Waals surface area contributed by atoms with Gasteiger partial charge in [0.2, 0.25) is 5.95 Å². The number of aryl methyl sites for hydroxylation is 1. The summed E-state index contributed by atoms with van der Waals surface area (Å²) in [7, 11) is 0. The standard InChI is InChI=1S/C27H23F4N9O/c1-16-13-40(15-35-16)20-9-18(27(29,30)31)8-19(10-20)37-26(2)6-5-22(34-14-26)24(41)38-39-25-33-12-21(28)23(36-25)17-4-3-7-32-11-17/h3-13,15,37H,14H2,1-2H3,(H,38,41)(H,33,36,39). The van der Waals surface area contributed by atoms with Crippen molar-refractivity contribution in [3.63, 3.8) is 0 Å². The molecule has 41 heavy (non-hydrogen) atoms. The first kappa shape index (κ1) is 27.4. The van der Waals surface area contributed by atoms with Gasteiger partial charge in [0.05, 0.1) is 35.9 Å². The van der Waals surface area contributed by atoms with E-state index in [0.717, 1.165) is 18.3 Å². The van der Waals surface area contributed by atoms with Crippen LogP contribution in [0.25, 0.3) is 16.9 Å².